The zero-order chi connectivity index (χ0) is 19.3. The van der Waals surface area contributed by atoms with Gasteiger partial charge in [0.05, 0.1) is 19.9 Å². The minimum atomic E-state index is -3.21. The third-order valence-electron chi connectivity index (χ3n) is 4.07. The van der Waals surface area contributed by atoms with Crippen molar-refractivity contribution >= 4 is 10.0 Å². The summed E-state index contributed by atoms with van der Waals surface area (Å²) in [6, 6.07) is 7.56. The molecule has 0 fully saturated rings. The van der Waals surface area contributed by atoms with Gasteiger partial charge in [-0.2, -0.15) is 5.10 Å². The van der Waals surface area contributed by atoms with Crippen molar-refractivity contribution in [1.29, 1.82) is 0 Å². The molecular formula is C17H27N5O3S. The van der Waals surface area contributed by atoms with Gasteiger partial charge < -0.3 is 9.64 Å². The number of hydrogen-bond donors (Lipinski definition) is 0. The average molecular weight is 382 g/mol. The van der Waals surface area contributed by atoms with Gasteiger partial charge in [0.25, 0.3) is 0 Å². The quantitative estimate of drug-likeness (QED) is 0.643. The number of ether oxygens (including phenoxy) is 1. The summed E-state index contributed by atoms with van der Waals surface area (Å²) in [5, 5.41) is 4.62. The van der Waals surface area contributed by atoms with E-state index >= 15 is 0 Å². The van der Waals surface area contributed by atoms with E-state index in [1.165, 1.54) is 10.6 Å². The van der Waals surface area contributed by atoms with E-state index < -0.39 is 10.0 Å². The van der Waals surface area contributed by atoms with Crippen molar-refractivity contribution in [2.75, 3.05) is 47.6 Å². The topological polar surface area (TPSA) is 80.6 Å². The van der Waals surface area contributed by atoms with Crippen LogP contribution >= 0.6 is 0 Å². The SMILES string of the molecule is COc1ccc(-c2nc(CCN(C)S(C)(=O)=O)n(CCN(C)C)n2)cc1. The van der Waals surface area contributed by atoms with Crippen LogP contribution in [0.1, 0.15) is 5.82 Å². The zero-order valence-corrected chi connectivity index (χ0v) is 16.8. The molecule has 144 valence electrons. The van der Waals surface area contributed by atoms with Crippen LogP contribution < -0.4 is 4.74 Å². The standard InChI is InChI=1S/C17H27N5O3S/c1-20(2)12-13-22-16(10-11-21(3)26(5,23)24)18-17(19-22)14-6-8-15(25-4)9-7-14/h6-9H,10-13H2,1-5H3. The number of methoxy groups -OCH3 is 1. The first-order valence-electron chi connectivity index (χ1n) is 8.35. The lowest BCUT2D eigenvalue weighted by atomic mass is 10.2. The van der Waals surface area contributed by atoms with Crippen molar-refractivity contribution in [3.8, 4) is 17.1 Å². The molecule has 2 aromatic rings. The van der Waals surface area contributed by atoms with E-state index in [9.17, 15) is 8.42 Å². The predicted molar refractivity (Wildman–Crippen MR) is 102 cm³/mol. The van der Waals surface area contributed by atoms with Gasteiger partial charge >= 0.3 is 0 Å². The Labute approximate surface area is 155 Å². The molecule has 0 amide bonds. The normalized spacial score (nSPS) is 12.1. The molecule has 8 nitrogen and oxygen atoms in total. The smallest absolute Gasteiger partial charge is 0.210 e. The fourth-order valence-corrected chi connectivity index (χ4v) is 2.74. The van der Waals surface area contributed by atoms with Crippen LogP contribution in [0.3, 0.4) is 0 Å². The van der Waals surface area contributed by atoms with Crippen molar-refractivity contribution < 1.29 is 13.2 Å². The number of nitrogens with zero attached hydrogens (tertiary/aromatic N) is 5. The summed E-state index contributed by atoms with van der Waals surface area (Å²) in [6.45, 7) is 1.87. The Morgan fingerprint density at radius 3 is 2.31 bits per heavy atom. The first kappa shape index (κ1) is 20.3. The van der Waals surface area contributed by atoms with Crippen LogP contribution in [0.4, 0.5) is 0 Å². The highest BCUT2D eigenvalue weighted by Crippen LogP contribution is 2.20. The highest BCUT2D eigenvalue weighted by Gasteiger charge is 2.16. The second-order valence-corrected chi connectivity index (χ2v) is 8.53. The molecule has 0 N–H and O–H groups in total. The van der Waals surface area contributed by atoms with Gasteiger partial charge in [0.2, 0.25) is 10.0 Å². The number of sulfonamides is 1. The summed E-state index contributed by atoms with van der Waals surface area (Å²) >= 11 is 0. The molecule has 26 heavy (non-hydrogen) atoms. The summed E-state index contributed by atoms with van der Waals surface area (Å²) in [5.41, 5.74) is 0.895. The average Bonchev–Trinajstić information content (AvgIpc) is 3.00. The summed E-state index contributed by atoms with van der Waals surface area (Å²) in [6.07, 6.45) is 1.70. The van der Waals surface area contributed by atoms with Gasteiger partial charge in [-0.05, 0) is 38.4 Å². The van der Waals surface area contributed by atoms with E-state index in [1.807, 2.05) is 43.0 Å². The number of benzene rings is 1. The van der Waals surface area contributed by atoms with Crippen molar-refractivity contribution in [3.63, 3.8) is 0 Å². The van der Waals surface area contributed by atoms with Gasteiger partial charge in [-0.25, -0.2) is 22.4 Å². The van der Waals surface area contributed by atoms with Crippen molar-refractivity contribution in [3.05, 3.63) is 30.1 Å². The van der Waals surface area contributed by atoms with Crippen LogP contribution in [-0.4, -0.2) is 80.0 Å². The maximum atomic E-state index is 11.6. The summed E-state index contributed by atoms with van der Waals surface area (Å²) in [7, 11) is 3.98. The van der Waals surface area contributed by atoms with Gasteiger partial charge in [0.1, 0.15) is 11.6 Å². The molecule has 0 saturated carbocycles. The molecule has 1 heterocycles. The van der Waals surface area contributed by atoms with E-state index in [-0.39, 0.29) is 0 Å². The Bertz CT molecular complexity index is 815. The van der Waals surface area contributed by atoms with Crippen LogP contribution in [0.15, 0.2) is 24.3 Å². The molecule has 0 unspecified atom stereocenters. The molecule has 0 bridgehead atoms. The third-order valence-corrected chi connectivity index (χ3v) is 5.39. The van der Waals surface area contributed by atoms with E-state index in [2.05, 4.69) is 15.0 Å². The van der Waals surface area contributed by atoms with E-state index in [1.54, 1.807) is 14.2 Å². The van der Waals surface area contributed by atoms with E-state index in [0.29, 0.717) is 25.3 Å². The molecule has 0 spiro atoms. The van der Waals surface area contributed by atoms with Gasteiger partial charge in [-0.1, -0.05) is 0 Å². The van der Waals surface area contributed by atoms with Crippen LogP contribution in [0, 0.1) is 0 Å². The maximum absolute atomic E-state index is 11.6. The molecular weight excluding hydrogens is 354 g/mol. The lowest BCUT2D eigenvalue weighted by molar-refractivity contribution is 0.367. The third kappa shape index (κ3) is 5.52. The number of rotatable bonds is 9. The minimum Gasteiger partial charge on any atom is -0.497 e. The van der Waals surface area contributed by atoms with Gasteiger partial charge in [-0.15, -0.1) is 0 Å². The molecule has 2 rings (SSSR count). The Morgan fingerprint density at radius 2 is 1.77 bits per heavy atom. The monoisotopic (exact) mass is 381 g/mol. The van der Waals surface area contributed by atoms with Gasteiger partial charge in [0.15, 0.2) is 5.82 Å². The van der Waals surface area contributed by atoms with Crippen LogP contribution in [-0.2, 0) is 23.0 Å². The Kier molecular flexibility index (Phi) is 6.74. The van der Waals surface area contributed by atoms with Gasteiger partial charge in [0, 0.05) is 32.1 Å². The van der Waals surface area contributed by atoms with Crippen LogP contribution in [0.2, 0.25) is 0 Å². The lowest BCUT2D eigenvalue weighted by Crippen LogP contribution is -2.28. The molecule has 0 saturated heterocycles. The van der Waals surface area contributed by atoms with Gasteiger partial charge in [-0.3, -0.25) is 0 Å². The van der Waals surface area contributed by atoms with Crippen molar-refractivity contribution in [2.24, 2.45) is 0 Å². The molecule has 1 aromatic heterocycles. The Balaban J connectivity index is 2.24. The van der Waals surface area contributed by atoms with Crippen LogP contribution in [0.5, 0.6) is 5.75 Å². The number of aromatic nitrogens is 3. The van der Waals surface area contributed by atoms with Crippen molar-refractivity contribution in [2.45, 2.75) is 13.0 Å². The largest absolute Gasteiger partial charge is 0.497 e. The first-order valence-corrected chi connectivity index (χ1v) is 10.2. The fraction of sp³-hybridized carbons (Fsp3) is 0.529. The molecule has 0 aliphatic rings. The zero-order valence-electron chi connectivity index (χ0n) is 16.0. The predicted octanol–water partition coefficient (Wildman–Crippen LogP) is 0.949. The van der Waals surface area contributed by atoms with E-state index in [4.69, 9.17) is 4.74 Å². The number of likely N-dealkylation sites (N-methyl/N-ethyl adjacent to an activating group) is 2. The molecule has 0 radical (unpaired) electrons. The molecule has 1 aromatic carbocycles. The summed E-state index contributed by atoms with van der Waals surface area (Å²) in [5.74, 6) is 2.17. The highest BCUT2D eigenvalue weighted by atomic mass is 32.2. The van der Waals surface area contributed by atoms with Crippen molar-refractivity contribution in [1.82, 2.24) is 24.0 Å². The maximum Gasteiger partial charge on any atom is 0.210 e. The minimum absolute atomic E-state index is 0.363. The fourth-order valence-electron chi connectivity index (χ4n) is 2.32. The molecule has 0 aliphatic carbocycles. The molecule has 9 heteroatoms. The highest BCUT2D eigenvalue weighted by molar-refractivity contribution is 7.88. The molecule has 0 aliphatic heterocycles. The number of hydrogen-bond acceptors (Lipinski definition) is 6. The Hall–Kier alpha value is -1.97. The van der Waals surface area contributed by atoms with Crippen LogP contribution in [0.25, 0.3) is 11.4 Å². The second kappa shape index (κ2) is 8.61. The summed E-state index contributed by atoms with van der Waals surface area (Å²) < 4.78 is 31.6. The Morgan fingerprint density at radius 1 is 1.12 bits per heavy atom. The summed E-state index contributed by atoms with van der Waals surface area (Å²) in [4.78, 5) is 6.71. The molecule has 0 atom stereocenters. The first-order chi connectivity index (χ1) is 12.2. The lowest BCUT2D eigenvalue weighted by Gasteiger charge is -2.14. The van der Waals surface area contributed by atoms with E-state index in [0.717, 1.165) is 23.7 Å². The second-order valence-electron chi connectivity index (χ2n) is 6.44.